The third kappa shape index (κ3) is 2.35. The Morgan fingerprint density at radius 3 is 2.81 bits per heavy atom. The second-order valence-corrected chi connectivity index (χ2v) is 4.98. The van der Waals surface area contributed by atoms with E-state index in [9.17, 15) is 4.79 Å². The molecular weight excluding hydrogens is 202 g/mol. The number of hydrogen-bond acceptors (Lipinski definition) is 2. The predicted octanol–water partition coefficient (Wildman–Crippen LogP) is 1.66. The lowest BCUT2D eigenvalue weighted by Crippen LogP contribution is -2.26. The molecule has 1 atom stereocenters. The lowest BCUT2D eigenvalue weighted by Gasteiger charge is -2.13. The standard InChI is InChI=1S/C13H19NO2/c1-9(8-15)6-14-7-12(11-3-4-11)5-10(2)13(14)16/h5,7,9,11,15H,3-4,6,8H2,1-2H3. The van der Waals surface area contributed by atoms with Crippen LogP contribution in [0.5, 0.6) is 0 Å². The summed E-state index contributed by atoms with van der Waals surface area (Å²) in [6.07, 6.45) is 4.46. The van der Waals surface area contributed by atoms with Gasteiger partial charge in [-0.15, -0.1) is 0 Å². The second-order valence-electron chi connectivity index (χ2n) is 4.98. The summed E-state index contributed by atoms with van der Waals surface area (Å²) in [5, 5.41) is 9.03. The molecule has 1 unspecified atom stereocenters. The van der Waals surface area contributed by atoms with Crippen LogP contribution in [0, 0.1) is 12.8 Å². The van der Waals surface area contributed by atoms with E-state index in [0.29, 0.717) is 12.5 Å². The molecule has 1 aliphatic rings. The van der Waals surface area contributed by atoms with E-state index in [-0.39, 0.29) is 18.1 Å². The molecule has 0 radical (unpaired) electrons. The Labute approximate surface area is 95.7 Å². The van der Waals surface area contributed by atoms with Crippen molar-refractivity contribution in [1.29, 1.82) is 0 Å². The second kappa shape index (κ2) is 4.42. The fraction of sp³-hybridized carbons (Fsp3) is 0.615. The summed E-state index contributed by atoms with van der Waals surface area (Å²) in [5.41, 5.74) is 2.17. The van der Waals surface area contributed by atoms with Gasteiger partial charge in [0, 0.05) is 24.9 Å². The van der Waals surface area contributed by atoms with Gasteiger partial charge in [0.25, 0.3) is 5.56 Å². The van der Waals surface area contributed by atoms with Crippen LogP contribution >= 0.6 is 0 Å². The van der Waals surface area contributed by atoms with Gasteiger partial charge in [0.15, 0.2) is 0 Å². The minimum atomic E-state index is 0.0738. The van der Waals surface area contributed by atoms with Crippen LogP contribution in [0.15, 0.2) is 17.1 Å². The molecule has 2 rings (SSSR count). The van der Waals surface area contributed by atoms with E-state index < -0.39 is 0 Å². The first-order valence-electron chi connectivity index (χ1n) is 5.93. The van der Waals surface area contributed by atoms with Gasteiger partial charge in [0.05, 0.1) is 0 Å². The highest BCUT2D eigenvalue weighted by Gasteiger charge is 2.24. The lowest BCUT2D eigenvalue weighted by molar-refractivity contribution is 0.221. The SMILES string of the molecule is Cc1cc(C2CC2)cn(CC(C)CO)c1=O. The molecule has 1 aromatic heterocycles. The fourth-order valence-corrected chi connectivity index (χ4v) is 1.98. The molecule has 16 heavy (non-hydrogen) atoms. The van der Waals surface area contributed by atoms with Gasteiger partial charge in [-0.2, -0.15) is 0 Å². The van der Waals surface area contributed by atoms with Gasteiger partial charge >= 0.3 is 0 Å². The predicted molar refractivity (Wildman–Crippen MR) is 63.7 cm³/mol. The molecule has 3 nitrogen and oxygen atoms in total. The van der Waals surface area contributed by atoms with Crippen molar-refractivity contribution < 1.29 is 5.11 Å². The Hall–Kier alpha value is -1.09. The van der Waals surface area contributed by atoms with Crippen molar-refractivity contribution in [2.24, 2.45) is 5.92 Å². The Kier molecular flexibility index (Phi) is 3.15. The third-order valence-electron chi connectivity index (χ3n) is 3.16. The van der Waals surface area contributed by atoms with Crippen LogP contribution in [0.4, 0.5) is 0 Å². The molecule has 0 amide bonds. The highest BCUT2D eigenvalue weighted by molar-refractivity contribution is 5.25. The topological polar surface area (TPSA) is 42.2 Å². The van der Waals surface area contributed by atoms with Crippen molar-refractivity contribution in [1.82, 2.24) is 4.57 Å². The zero-order valence-electron chi connectivity index (χ0n) is 9.94. The molecule has 0 bridgehead atoms. The number of nitrogens with zero attached hydrogens (tertiary/aromatic N) is 1. The number of hydrogen-bond donors (Lipinski definition) is 1. The van der Waals surface area contributed by atoms with Gasteiger partial charge in [-0.05, 0) is 43.2 Å². The van der Waals surface area contributed by atoms with E-state index in [2.05, 4.69) is 0 Å². The van der Waals surface area contributed by atoms with Gasteiger partial charge in [-0.3, -0.25) is 4.79 Å². The maximum Gasteiger partial charge on any atom is 0.253 e. The molecule has 1 N–H and O–H groups in total. The van der Waals surface area contributed by atoms with Gasteiger partial charge < -0.3 is 9.67 Å². The van der Waals surface area contributed by atoms with Crippen molar-refractivity contribution in [3.63, 3.8) is 0 Å². The average molecular weight is 221 g/mol. The van der Waals surface area contributed by atoms with E-state index in [1.54, 1.807) is 4.57 Å². The minimum Gasteiger partial charge on any atom is -0.396 e. The summed E-state index contributed by atoms with van der Waals surface area (Å²) < 4.78 is 1.75. The van der Waals surface area contributed by atoms with Crippen LogP contribution in [0.3, 0.4) is 0 Å². The molecule has 1 aromatic rings. The number of aliphatic hydroxyl groups excluding tert-OH is 1. The van der Waals surface area contributed by atoms with Crippen LogP contribution in [-0.4, -0.2) is 16.3 Å². The third-order valence-corrected chi connectivity index (χ3v) is 3.16. The summed E-state index contributed by atoms with van der Waals surface area (Å²) in [6.45, 7) is 4.55. The van der Waals surface area contributed by atoms with E-state index in [4.69, 9.17) is 5.11 Å². The van der Waals surface area contributed by atoms with Crippen molar-refractivity contribution in [2.75, 3.05) is 6.61 Å². The van der Waals surface area contributed by atoms with E-state index in [1.165, 1.54) is 18.4 Å². The van der Waals surface area contributed by atoms with Crippen molar-refractivity contribution >= 4 is 0 Å². The van der Waals surface area contributed by atoms with Crippen LogP contribution in [-0.2, 0) is 6.54 Å². The molecule has 1 heterocycles. The molecule has 0 spiro atoms. The summed E-state index contributed by atoms with van der Waals surface area (Å²) in [7, 11) is 0. The van der Waals surface area contributed by atoms with Crippen LogP contribution in [0.2, 0.25) is 0 Å². The Morgan fingerprint density at radius 1 is 1.56 bits per heavy atom. The number of aryl methyl sites for hydroxylation is 1. The van der Waals surface area contributed by atoms with Crippen molar-refractivity contribution in [2.45, 2.75) is 39.2 Å². The molecule has 1 fully saturated rings. The molecule has 0 aliphatic heterocycles. The molecule has 88 valence electrons. The number of aromatic nitrogens is 1. The molecule has 3 heteroatoms. The quantitative estimate of drug-likeness (QED) is 0.840. The van der Waals surface area contributed by atoms with Gasteiger partial charge in [0.1, 0.15) is 0 Å². The summed E-state index contributed by atoms with van der Waals surface area (Å²) in [6, 6.07) is 2.01. The van der Waals surface area contributed by atoms with Gasteiger partial charge in [-0.1, -0.05) is 6.92 Å². The van der Waals surface area contributed by atoms with Gasteiger partial charge in [0.2, 0.25) is 0 Å². The Bertz CT molecular complexity index is 432. The number of aliphatic hydroxyl groups is 1. The zero-order chi connectivity index (χ0) is 11.7. The maximum atomic E-state index is 11.9. The van der Waals surface area contributed by atoms with Crippen molar-refractivity contribution in [3.05, 3.63) is 33.7 Å². The molecule has 1 saturated carbocycles. The highest BCUT2D eigenvalue weighted by Crippen LogP contribution is 2.39. The van der Waals surface area contributed by atoms with Crippen LogP contribution in [0.25, 0.3) is 0 Å². The summed E-state index contributed by atoms with van der Waals surface area (Å²) in [5.74, 6) is 0.793. The fourth-order valence-electron chi connectivity index (χ4n) is 1.98. The molecule has 0 aromatic carbocycles. The first kappa shape index (κ1) is 11.4. The van der Waals surface area contributed by atoms with Crippen LogP contribution in [0.1, 0.15) is 36.8 Å². The monoisotopic (exact) mass is 221 g/mol. The Balaban J connectivity index is 2.31. The number of rotatable bonds is 4. The molecule has 1 aliphatic carbocycles. The van der Waals surface area contributed by atoms with Crippen molar-refractivity contribution in [3.8, 4) is 0 Å². The summed E-state index contributed by atoms with van der Waals surface area (Å²) in [4.78, 5) is 11.9. The van der Waals surface area contributed by atoms with Gasteiger partial charge in [-0.25, -0.2) is 0 Å². The largest absolute Gasteiger partial charge is 0.396 e. The van der Waals surface area contributed by atoms with E-state index >= 15 is 0 Å². The van der Waals surface area contributed by atoms with E-state index in [0.717, 1.165) is 5.56 Å². The lowest BCUT2D eigenvalue weighted by atomic mass is 10.1. The Morgan fingerprint density at radius 2 is 2.25 bits per heavy atom. The zero-order valence-corrected chi connectivity index (χ0v) is 9.94. The first-order valence-corrected chi connectivity index (χ1v) is 5.93. The normalized spacial score (nSPS) is 17.4. The minimum absolute atomic E-state index is 0.0738. The molecular formula is C13H19NO2. The number of pyridine rings is 1. The smallest absolute Gasteiger partial charge is 0.253 e. The average Bonchev–Trinajstić information content (AvgIpc) is 3.07. The van der Waals surface area contributed by atoms with Crippen LogP contribution < -0.4 is 5.56 Å². The first-order chi connectivity index (χ1) is 7.61. The van der Waals surface area contributed by atoms with E-state index in [1.807, 2.05) is 26.1 Å². The molecule has 0 saturated heterocycles. The summed E-state index contributed by atoms with van der Waals surface area (Å²) >= 11 is 0. The highest BCUT2D eigenvalue weighted by atomic mass is 16.3. The maximum absolute atomic E-state index is 11.9.